The maximum Gasteiger partial charge on any atom is 0.340 e. The number of benzene rings is 2. The quantitative estimate of drug-likeness (QED) is 0.611. The van der Waals surface area contributed by atoms with E-state index in [0.717, 1.165) is 11.1 Å². The maximum absolute atomic E-state index is 13.2. The third-order valence-electron chi connectivity index (χ3n) is 4.45. The summed E-state index contributed by atoms with van der Waals surface area (Å²) in [5.74, 6) is -0.128. The summed E-state index contributed by atoms with van der Waals surface area (Å²) in [6.07, 6.45) is 1.69. The van der Waals surface area contributed by atoms with Gasteiger partial charge >= 0.3 is 5.97 Å². The van der Waals surface area contributed by atoms with Gasteiger partial charge in [0.15, 0.2) is 0 Å². The van der Waals surface area contributed by atoms with Crippen LogP contribution < -0.4 is 9.64 Å². The molecule has 0 radical (unpaired) electrons. The van der Waals surface area contributed by atoms with Gasteiger partial charge < -0.3 is 9.47 Å². The molecule has 0 fully saturated rings. The smallest absolute Gasteiger partial charge is 0.340 e. The van der Waals surface area contributed by atoms with Crippen LogP contribution in [0.3, 0.4) is 0 Å². The molecule has 138 valence electrons. The summed E-state index contributed by atoms with van der Waals surface area (Å²) >= 11 is 0. The van der Waals surface area contributed by atoms with Gasteiger partial charge in [-0.1, -0.05) is 24.3 Å². The number of hydrogen-bond donors (Lipinski definition) is 0. The Morgan fingerprint density at radius 3 is 2.44 bits per heavy atom. The molecule has 0 N–H and O–H groups in total. The number of carbonyl (C=O) groups is 2. The van der Waals surface area contributed by atoms with Gasteiger partial charge in [0.25, 0.3) is 5.91 Å². The van der Waals surface area contributed by atoms with Gasteiger partial charge in [0, 0.05) is 11.4 Å². The highest BCUT2D eigenvalue weighted by atomic mass is 16.5. The molecule has 0 atom stereocenters. The van der Waals surface area contributed by atoms with Crippen molar-refractivity contribution in [3.05, 3.63) is 76.5 Å². The summed E-state index contributed by atoms with van der Waals surface area (Å²) in [5.41, 5.74) is 3.62. The minimum Gasteiger partial charge on any atom is -0.497 e. The third kappa shape index (κ3) is 3.49. The van der Waals surface area contributed by atoms with Gasteiger partial charge in [0.2, 0.25) is 0 Å². The molecule has 3 rings (SSSR count). The number of methoxy groups -OCH3 is 2. The molecular formula is C22H21NO4. The van der Waals surface area contributed by atoms with E-state index in [0.29, 0.717) is 22.7 Å². The lowest BCUT2D eigenvalue weighted by Gasteiger charge is -2.18. The lowest BCUT2D eigenvalue weighted by Crippen LogP contribution is -2.24. The molecule has 5 nitrogen and oxygen atoms in total. The van der Waals surface area contributed by atoms with Crippen LogP contribution in [0.25, 0.3) is 6.08 Å². The van der Waals surface area contributed by atoms with Crippen molar-refractivity contribution in [2.75, 3.05) is 19.1 Å². The largest absolute Gasteiger partial charge is 0.497 e. The van der Waals surface area contributed by atoms with Gasteiger partial charge in [-0.15, -0.1) is 0 Å². The van der Waals surface area contributed by atoms with Gasteiger partial charge in [0.1, 0.15) is 5.75 Å². The molecule has 0 aliphatic carbocycles. The molecule has 27 heavy (non-hydrogen) atoms. The van der Waals surface area contributed by atoms with E-state index in [1.54, 1.807) is 31.1 Å². The summed E-state index contributed by atoms with van der Waals surface area (Å²) in [7, 11) is 2.89. The molecule has 0 bridgehead atoms. The third-order valence-corrected chi connectivity index (χ3v) is 4.45. The first-order valence-corrected chi connectivity index (χ1v) is 8.52. The number of ether oxygens (including phenoxy) is 2. The Bertz CT molecular complexity index is 972. The van der Waals surface area contributed by atoms with Crippen molar-refractivity contribution in [1.29, 1.82) is 0 Å². The van der Waals surface area contributed by atoms with Gasteiger partial charge in [-0.05, 0) is 55.3 Å². The van der Waals surface area contributed by atoms with Crippen molar-refractivity contribution in [2.24, 2.45) is 0 Å². The highest BCUT2D eigenvalue weighted by molar-refractivity contribution is 6.23. The summed E-state index contributed by atoms with van der Waals surface area (Å²) in [5, 5.41) is 0. The number of hydrogen-bond acceptors (Lipinski definition) is 4. The van der Waals surface area contributed by atoms with Crippen molar-refractivity contribution in [1.82, 2.24) is 0 Å². The van der Waals surface area contributed by atoms with Gasteiger partial charge in [0.05, 0.1) is 25.4 Å². The second kappa shape index (κ2) is 7.50. The van der Waals surface area contributed by atoms with Crippen molar-refractivity contribution >= 4 is 23.6 Å². The molecule has 0 saturated heterocycles. The molecule has 0 aromatic heterocycles. The number of esters is 1. The highest BCUT2D eigenvalue weighted by Gasteiger charge is 2.37. The molecule has 2 aromatic carbocycles. The number of aryl methyl sites for hydroxylation is 1. The van der Waals surface area contributed by atoms with Gasteiger partial charge in [-0.25, -0.2) is 4.79 Å². The molecule has 0 unspecified atom stereocenters. The molecule has 1 heterocycles. The number of anilines is 1. The standard InChI is InChI=1S/C22H21NO4/c1-14-7-5-9-17(11-14)23-15(2)20(22(25)27-4)19(21(23)24)13-16-8-6-10-18(12-16)26-3/h5-13H,1-4H3/b19-13-. The topological polar surface area (TPSA) is 55.8 Å². The van der Waals surface area contributed by atoms with Crippen LogP contribution in [0, 0.1) is 6.92 Å². The predicted molar refractivity (Wildman–Crippen MR) is 104 cm³/mol. The summed E-state index contributed by atoms with van der Waals surface area (Å²) in [4.78, 5) is 27.2. The van der Waals surface area contributed by atoms with Crippen LogP contribution in [0.15, 0.2) is 65.4 Å². The number of amides is 1. The molecule has 1 aliphatic rings. The van der Waals surface area contributed by atoms with Gasteiger partial charge in [-0.3, -0.25) is 9.69 Å². The normalized spacial score (nSPS) is 15.5. The molecular weight excluding hydrogens is 342 g/mol. The Morgan fingerprint density at radius 2 is 1.78 bits per heavy atom. The molecule has 0 saturated carbocycles. The van der Waals surface area contributed by atoms with Crippen LogP contribution in [0.4, 0.5) is 5.69 Å². The van der Waals surface area contributed by atoms with Crippen LogP contribution in [0.2, 0.25) is 0 Å². The van der Waals surface area contributed by atoms with Crippen LogP contribution in [-0.4, -0.2) is 26.1 Å². The predicted octanol–water partition coefficient (Wildman–Crippen LogP) is 3.88. The average molecular weight is 363 g/mol. The first kappa shape index (κ1) is 18.5. The van der Waals surface area contributed by atoms with E-state index >= 15 is 0 Å². The number of carbonyl (C=O) groups excluding carboxylic acids is 2. The van der Waals surface area contributed by atoms with Crippen molar-refractivity contribution in [3.8, 4) is 5.75 Å². The van der Waals surface area contributed by atoms with E-state index in [9.17, 15) is 9.59 Å². The van der Waals surface area contributed by atoms with Crippen LogP contribution in [0.1, 0.15) is 18.1 Å². The Morgan fingerprint density at radius 1 is 1.04 bits per heavy atom. The SMILES string of the molecule is COC(=O)C1=C(C)N(c2cccc(C)c2)C(=O)/C1=C\c1cccc(OC)c1. The number of allylic oxidation sites excluding steroid dienone is 1. The lowest BCUT2D eigenvalue weighted by atomic mass is 10.0. The molecule has 0 spiro atoms. The monoisotopic (exact) mass is 363 g/mol. The maximum atomic E-state index is 13.2. The van der Waals surface area contributed by atoms with E-state index in [1.165, 1.54) is 7.11 Å². The second-order valence-electron chi connectivity index (χ2n) is 6.27. The lowest BCUT2D eigenvalue weighted by molar-refractivity contribution is -0.136. The van der Waals surface area contributed by atoms with Crippen LogP contribution in [0.5, 0.6) is 5.75 Å². The summed E-state index contributed by atoms with van der Waals surface area (Å²) in [6.45, 7) is 3.70. The fourth-order valence-electron chi connectivity index (χ4n) is 3.16. The Kier molecular flexibility index (Phi) is 5.12. The summed E-state index contributed by atoms with van der Waals surface area (Å²) < 4.78 is 10.2. The minimum absolute atomic E-state index is 0.263. The Labute approximate surface area is 158 Å². The van der Waals surface area contributed by atoms with E-state index in [4.69, 9.17) is 9.47 Å². The van der Waals surface area contributed by atoms with Crippen molar-refractivity contribution in [2.45, 2.75) is 13.8 Å². The van der Waals surface area contributed by atoms with E-state index < -0.39 is 5.97 Å². The Balaban J connectivity index is 2.14. The molecule has 1 amide bonds. The van der Waals surface area contributed by atoms with Crippen molar-refractivity contribution < 1.29 is 19.1 Å². The highest BCUT2D eigenvalue weighted by Crippen LogP contribution is 2.35. The zero-order chi connectivity index (χ0) is 19.6. The van der Waals surface area contributed by atoms with Gasteiger partial charge in [-0.2, -0.15) is 0 Å². The second-order valence-corrected chi connectivity index (χ2v) is 6.27. The first-order valence-electron chi connectivity index (χ1n) is 8.52. The average Bonchev–Trinajstić information content (AvgIpc) is 2.91. The van der Waals surface area contributed by atoms with Crippen molar-refractivity contribution in [3.63, 3.8) is 0 Å². The van der Waals surface area contributed by atoms with E-state index in [-0.39, 0.29) is 11.5 Å². The zero-order valence-corrected chi connectivity index (χ0v) is 15.8. The zero-order valence-electron chi connectivity index (χ0n) is 15.8. The van der Waals surface area contributed by atoms with Crippen LogP contribution >= 0.6 is 0 Å². The molecule has 5 heteroatoms. The fraction of sp³-hybridized carbons (Fsp3) is 0.182. The van der Waals surface area contributed by atoms with E-state index in [2.05, 4.69) is 0 Å². The molecule has 2 aromatic rings. The number of nitrogens with zero attached hydrogens (tertiary/aromatic N) is 1. The molecule has 1 aliphatic heterocycles. The Hall–Kier alpha value is -3.34. The fourth-order valence-corrected chi connectivity index (χ4v) is 3.16. The first-order chi connectivity index (χ1) is 13.0. The van der Waals surface area contributed by atoms with Crippen LogP contribution in [-0.2, 0) is 14.3 Å². The van der Waals surface area contributed by atoms with E-state index in [1.807, 2.05) is 49.4 Å². The number of rotatable bonds is 4. The minimum atomic E-state index is -0.537. The summed E-state index contributed by atoms with van der Waals surface area (Å²) in [6, 6.07) is 14.9.